The molecule has 0 aliphatic heterocycles. The first kappa shape index (κ1) is 15.0. The van der Waals surface area contributed by atoms with Crippen molar-refractivity contribution < 1.29 is 4.79 Å². The minimum atomic E-state index is 0.00706. The van der Waals surface area contributed by atoms with E-state index in [-0.39, 0.29) is 11.4 Å². The maximum atomic E-state index is 12.1. The highest BCUT2D eigenvalue weighted by Crippen LogP contribution is 2.30. The summed E-state index contributed by atoms with van der Waals surface area (Å²) in [6, 6.07) is 0. The highest BCUT2D eigenvalue weighted by atomic mass is 16.1. The van der Waals surface area contributed by atoms with Crippen LogP contribution in [0.15, 0.2) is 6.33 Å². The molecule has 20 heavy (non-hydrogen) atoms. The fraction of sp³-hybridized carbons (Fsp3) is 0.786. The van der Waals surface area contributed by atoms with Crippen LogP contribution in [0.5, 0.6) is 0 Å². The van der Waals surface area contributed by atoms with E-state index in [9.17, 15) is 4.79 Å². The van der Waals surface area contributed by atoms with Crippen molar-refractivity contribution in [3.8, 4) is 0 Å². The number of carbonyl (C=O) groups is 1. The average Bonchev–Trinajstić information content (AvgIpc) is 2.85. The first-order chi connectivity index (χ1) is 9.65. The standard InChI is InChI=1S/C14H25N5O/c1-15-14(7-4-3-5-8-14)10-13(20)16-9-6-12-18-17-11-19(12)2/h11,15H,3-10H2,1-2H3,(H,16,20). The van der Waals surface area contributed by atoms with E-state index in [0.717, 1.165) is 25.1 Å². The molecule has 0 aromatic carbocycles. The van der Waals surface area contributed by atoms with Crippen LogP contribution in [0, 0.1) is 0 Å². The second-order valence-corrected chi connectivity index (χ2v) is 5.73. The van der Waals surface area contributed by atoms with Gasteiger partial charge in [0.15, 0.2) is 0 Å². The van der Waals surface area contributed by atoms with E-state index >= 15 is 0 Å². The Morgan fingerprint density at radius 3 is 2.75 bits per heavy atom. The monoisotopic (exact) mass is 279 g/mol. The van der Waals surface area contributed by atoms with Crippen molar-refractivity contribution >= 4 is 5.91 Å². The highest BCUT2D eigenvalue weighted by Gasteiger charge is 2.32. The van der Waals surface area contributed by atoms with Crippen LogP contribution in [0.2, 0.25) is 0 Å². The lowest BCUT2D eigenvalue weighted by Crippen LogP contribution is -2.48. The Labute approximate surface area is 120 Å². The highest BCUT2D eigenvalue weighted by molar-refractivity contribution is 5.77. The molecule has 0 unspecified atom stereocenters. The minimum absolute atomic E-state index is 0.00706. The number of aromatic nitrogens is 3. The van der Waals surface area contributed by atoms with Crippen molar-refractivity contribution in [3.63, 3.8) is 0 Å². The SMILES string of the molecule is CNC1(CC(=O)NCCc2nncn2C)CCCCC1. The van der Waals surface area contributed by atoms with Gasteiger partial charge in [-0.05, 0) is 19.9 Å². The molecule has 2 rings (SSSR count). The molecule has 1 heterocycles. The molecule has 0 atom stereocenters. The number of aryl methyl sites for hydroxylation is 1. The maximum absolute atomic E-state index is 12.1. The third-order valence-electron chi connectivity index (χ3n) is 4.32. The molecule has 1 aliphatic carbocycles. The summed E-state index contributed by atoms with van der Waals surface area (Å²) in [4.78, 5) is 12.1. The summed E-state index contributed by atoms with van der Waals surface area (Å²) < 4.78 is 1.88. The first-order valence-electron chi connectivity index (χ1n) is 7.44. The van der Waals surface area contributed by atoms with Gasteiger partial charge >= 0.3 is 0 Å². The lowest BCUT2D eigenvalue weighted by atomic mass is 9.79. The molecule has 0 bridgehead atoms. The molecule has 0 saturated heterocycles. The van der Waals surface area contributed by atoms with E-state index in [1.165, 1.54) is 19.3 Å². The van der Waals surface area contributed by atoms with Gasteiger partial charge in [-0.3, -0.25) is 4.79 Å². The van der Waals surface area contributed by atoms with Crippen LogP contribution in [0.1, 0.15) is 44.3 Å². The van der Waals surface area contributed by atoms with E-state index < -0.39 is 0 Å². The van der Waals surface area contributed by atoms with E-state index in [1.54, 1.807) is 6.33 Å². The van der Waals surface area contributed by atoms with Gasteiger partial charge in [0.2, 0.25) is 5.91 Å². The van der Waals surface area contributed by atoms with E-state index in [1.807, 2.05) is 18.7 Å². The molecule has 1 saturated carbocycles. The van der Waals surface area contributed by atoms with Gasteiger partial charge in [-0.1, -0.05) is 19.3 Å². The fourth-order valence-corrected chi connectivity index (χ4v) is 2.96. The zero-order valence-corrected chi connectivity index (χ0v) is 12.5. The van der Waals surface area contributed by atoms with Gasteiger partial charge in [0, 0.05) is 32.0 Å². The van der Waals surface area contributed by atoms with Crippen molar-refractivity contribution in [3.05, 3.63) is 12.2 Å². The molecule has 6 heteroatoms. The second-order valence-electron chi connectivity index (χ2n) is 5.73. The molecular weight excluding hydrogens is 254 g/mol. The predicted molar refractivity (Wildman–Crippen MR) is 77.2 cm³/mol. The van der Waals surface area contributed by atoms with Crippen molar-refractivity contribution in [2.45, 2.75) is 50.5 Å². The Morgan fingerprint density at radius 1 is 1.40 bits per heavy atom. The summed E-state index contributed by atoms with van der Waals surface area (Å²) >= 11 is 0. The van der Waals surface area contributed by atoms with Gasteiger partial charge in [-0.2, -0.15) is 0 Å². The van der Waals surface area contributed by atoms with Gasteiger partial charge in [0.1, 0.15) is 12.2 Å². The third kappa shape index (κ3) is 3.79. The molecule has 6 nitrogen and oxygen atoms in total. The second kappa shape index (κ2) is 6.83. The Hall–Kier alpha value is -1.43. The largest absolute Gasteiger partial charge is 0.356 e. The molecule has 1 aromatic heterocycles. The van der Waals surface area contributed by atoms with Crippen LogP contribution in [0.25, 0.3) is 0 Å². The molecule has 0 radical (unpaired) electrons. The van der Waals surface area contributed by atoms with Crippen molar-refractivity contribution in [1.29, 1.82) is 0 Å². The Balaban J connectivity index is 1.75. The molecular formula is C14H25N5O. The van der Waals surface area contributed by atoms with Crippen LogP contribution >= 0.6 is 0 Å². The molecule has 2 N–H and O–H groups in total. The molecule has 1 aromatic rings. The Morgan fingerprint density at radius 2 is 2.15 bits per heavy atom. The topological polar surface area (TPSA) is 71.8 Å². The number of nitrogens with one attached hydrogen (secondary N) is 2. The minimum Gasteiger partial charge on any atom is -0.356 e. The number of hydrogen-bond donors (Lipinski definition) is 2. The van der Waals surface area contributed by atoms with Crippen LogP contribution in [0.3, 0.4) is 0 Å². The zero-order chi connectivity index (χ0) is 14.4. The van der Waals surface area contributed by atoms with Gasteiger partial charge in [0.25, 0.3) is 0 Å². The summed E-state index contributed by atoms with van der Waals surface area (Å²) in [5, 5.41) is 14.2. The Kier molecular flexibility index (Phi) is 5.11. The van der Waals surface area contributed by atoms with Crippen LogP contribution in [-0.4, -0.2) is 39.8 Å². The van der Waals surface area contributed by atoms with Crippen LogP contribution in [0.4, 0.5) is 0 Å². The van der Waals surface area contributed by atoms with E-state index in [4.69, 9.17) is 0 Å². The van der Waals surface area contributed by atoms with Crippen LogP contribution in [-0.2, 0) is 18.3 Å². The lowest BCUT2D eigenvalue weighted by Gasteiger charge is -2.36. The van der Waals surface area contributed by atoms with Gasteiger partial charge in [-0.25, -0.2) is 0 Å². The zero-order valence-electron chi connectivity index (χ0n) is 12.5. The number of nitrogens with zero attached hydrogens (tertiary/aromatic N) is 3. The fourth-order valence-electron chi connectivity index (χ4n) is 2.96. The van der Waals surface area contributed by atoms with E-state index in [0.29, 0.717) is 13.0 Å². The van der Waals surface area contributed by atoms with Crippen LogP contribution < -0.4 is 10.6 Å². The lowest BCUT2D eigenvalue weighted by molar-refractivity contribution is -0.122. The number of rotatable bonds is 6. The molecule has 112 valence electrons. The van der Waals surface area contributed by atoms with Crippen molar-refractivity contribution in [1.82, 2.24) is 25.4 Å². The van der Waals surface area contributed by atoms with Gasteiger partial charge in [-0.15, -0.1) is 10.2 Å². The summed E-state index contributed by atoms with van der Waals surface area (Å²) in [6.07, 6.45) is 8.88. The third-order valence-corrected chi connectivity index (χ3v) is 4.32. The molecule has 1 amide bonds. The molecule has 1 fully saturated rings. The van der Waals surface area contributed by atoms with Crippen molar-refractivity contribution in [2.75, 3.05) is 13.6 Å². The quantitative estimate of drug-likeness (QED) is 0.807. The predicted octanol–water partition coefficient (Wildman–Crippen LogP) is 0.786. The van der Waals surface area contributed by atoms with Crippen molar-refractivity contribution in [2.24, 2.45) is 7.05 Å². The summed E-state index contributed by atoms with van der Waals surface area (Å²) in [6.45, 7) is 0.616. The van der Waals surface area contributed by atoms with Gasteiger partial charge in [0.05, 0.1) is 0 Å². The van der Waals surface area contributed by atoms with E-state index in [2.05, 4.69) is 20.8 Å². The maximum Gasteiger partial charge on any atom is 0.221 e. The summed E-state index contributed by atoms with van der Waals surface area (Å²) in [5.41, 5.74) is 0.00706. The molecule has 1 aliphatic rings. The first-order valence-corrected chi connectivity index (χ1v) is 7.44. The number of carbonyl (C=O) groups excluding carboxylic acids is 1. The normalized spacial score (nSPS) is 17.9. The Bertz CT molecular complexity index is 437. The molecule has 0 spiro atoms. The number of amides is 1. The smallest absolute Gasteiger partial charge is 0.221 e. The average molecular weight is 279 g/mol. The summed E-state index contributed by atoms with van der Waals surface area (Å²) in [5.74, 6) is 1.02. The van der Waals surface area contributed by atoms with Gasteiger partial charge < -0.3 is 15.2 Å². The summed E-state index contributed by atoms with van der Waals surface area (Å²) in [7, 11) is 3.88. The number of hydrogen-bond acceptors (Lipinski definition) is 4.